The van der Waals surface area contributed by atoms with E-state index in [0.717, 1.165) is 17.7 Å². The second-order valence-electron chi connectivity index (χ2n) is 9.47. The minimum absolute atomic E-state index is 0.0761. The van der Waals surface area contributed by atoms with E-state index in [4.69, 9.17) is 32.7 Å². The zero-order valence-corrected chi connectivity index (χ0v) is 22.7. The highest BCUT2D eigenvalue weighted by atomic mass is 35.5. The largest absolute Gasteiger partial charge is 0.462 e. The van der Waals surface area contributed by atoms with Crippen molar-refractivity contribution in [2.75, 3.05) is 23.4 Å². The molecule has 1 heterocycles. The third-order valence-corrected chi connectivity index (χ3v) is 7.82. The Balaban J connectivity index is 1.32. The first kappa shape index (κ1) is 28.6. The van der Waals surface area contributed by atoms with E-state index in [1.165, 1.54) is 30.3 Å². The van der Waals surface area contributed by atoms with Crippen molar-refractivity contribution in [3.05, 3.63) is 59.7 Å². The third-order valence-electron chi connectivity index (χ3n) is 6.72. The van der Waals surface area contributed by atoms with Crippen LogP contribution < -0.4 is 10.2 Å². The molecule has 3 amide bonds. The molecule has 2 aromatic carbocycles. The van der Waals surface area contributed by atoms with Crippen molar-refractivity contribution in [1.29, 1.82) is 0 Å². The van der Waals surface area contributed by atoms with Gasteiger partial charge in [0.15, 0.2) is 6.61 Å². The second kappa shape index (κ2) is 12.6. The fourth-order valence-corrected chi connectivity index (χ4v) is 5.20. The maximum Gasteiger partial charge on any atom is 0.338 e. The standard InChI is InChI=1S/C28H28Cl2N2O7/c1-2-3-11-38-27(36)16-7-9-18(10-8-16)31-24(33)15-39-28(37)17-5-4-6-19(12-17)32-25(34)20-13-22(29)23(30)14-21(20)26(32)35/h4-10,12,20-23H,2-3,11,13-15H2,1H3,(H,31,33)/t20-,21+,22-,23-/m0/s1. The van der Waals surface area contributed by atoms with E-state index in [0.29, 0.717) is 30.7 Å². The number of hydrogen-bond donors (Lipinski definition) is 1. The van der Waals surface area contributed by atoms with Crippen molar-refractivity contribution >= 4 is 64.2 Å². The Kier molecular flexibility index (Phi) is 9.24. The molecule has 0 unspecified atom stereocenters. The number of unbranched alkanes of at least 4 members (excludes halogenated alkanes) is 1. The van der Waals surface area contributed by atoms with Crippen molar-refractivity contribution in [1.82, 2.24) is 0 Å². The summed E-state index contributed by atoms with van der Waals surface area (Å²) in [5.74, 6) is -3.66. The third kappa shape index (κ3) is 6.59. The van der Waals surface area contributed by atoms with E-state index >= 15 is 0 Å². The molecule has 1 saturated carbocycles. The number of imide groups is 1. The van der Waals surface area contributed by atoms with Crippen molar-refractivity contribution in [3.63, 3.8) is 0 Å². The van der Waals surface area contributed by atoms with Gasteiger partial charge in [-0.25, -0.2) is 9.59 Å². The lowest BCUT2D eigenvalue weighted by molar-refractivity contribution is -0.122. The van der Waals surface area contributed by atoms with E-state index in [1.54, 1.807) is 18.2 Å². The average molecular weight is 575 g/mol. The summed E-state index contributed by atoms with van der Waals surface area (Å²) in [6, 6.07) is 12.1. The Morgan fingerprint density at radius 1 is 0.897 bits per heavy atom. The normalized spacial score (nSPS) is 22.3. The van der Waals surface area contributed by atoms with Gasteiger partial charge in [-0.1, -0.05) is 19.4 Å². The number of nitrogens with zero attached hydrogens (tertiary/aromatic N) is 1. The predicted molar refractivity (Wildman–Crippen MR) is 145 cm³/mol. The number of hydrogen-bond acceptors (Lipinski definition) is 7. The second-order valence-corrected chi connectivity index (χ2v) is 10.6. The molecule has 0 aromatic heterocycles. The SMILES string of the molecule is CCCCOC(=O)c1ccc(NC(=O)COC(=O)c2cccc(N3C(=O)[C@H]4C[C@H](Cl)[C@@H](Cl)C[C@H]4C3=O)c2)cc1. The van der Waals surface area contributed by atoms with Crippen molar-refractivity contribution in [2.24, 2.45) is 11.8 Å². The van der Waals surface area contributed by atoms with Crippen molar-refractivity contribution in [3.8, 4) is 0 Å². The summed E-state index contributed by atoms with van der Waals surface area (Å²) in [5.41, 5.74) is 1.08. The van der Waals surface area contributed by atoms with E-state index in [9.17, 15) is 24.0 Å². The summed E-state index contributed by atoms with van der Waals surface area (Å²) in [6.45, 7) is 1.77. The molecule has 0 bridgehead atoms. The van der Waals surface area contributed by atoms with E-state index in [1.807, 2.05) is 6.92 Å². The Hall–Kier alpha value is -3.43. The van der Waals surface area contributed by atoms with Crippen LogP contribution >= 0.6 is 23.2 Å². The van der Waals surface area contributed by atoms with Gasteiger partial charge < -0.3 is 14.8 Å². The highest BCUT2D eigenvalue weighted by molar-refractivity contribution is 6.31. The van der Waals surface area contributed by atoms with Gasteiger partial charge in [0.2, 0.25) is 11.8 Å². The van der Waals surface area contributed by atoms with Crippen LogP contribution in [-0.4, -0.2) is 53.6 Å². The monoisotopic (exact) mass is 574 g/mol. The summed E-state index contributed by atoms with van der Waals surface area (Å²) in [4.78, 5) is 64.0. The first-order chi connectivity index (χ1) is 18.7. The minimum Gasteiger partial charge on any atom is -0.462 e. The molecular weight excluding hydrogens is 547 g/mol. The van der Waals surface area contributed by atoms with Crippen LogP contribution in [0.1, 0.15) is 53.3 Å². The zero-order chi connectivity index (χ0) is 28.1. The van der Waals surface area contributed by atoms with Crippen LogP contribution in [0.15, 0.2) is 48.5 Å². The number of anilines is 2. The van der Waals surface area contributed by atoms with Gasteiger partial charge in [-0.05, 0) is 61.7 Å². The summed E-state index contributed by atoms with van der Waals surface area (Å²) >= 11 is 12.5. The van der Waals surface area contributed by atoms with Crippen LogP contribution in [0.3, 0.4) is 0 Å². The van der Waals surface area contributed by atoms with Crippen LogP contribution in [0, 0.1) is 11.8 Å². The number of carbonyl (C=O) groups excluding carboxylic acids is 5. The fourth-order valence-electron chi connectivity index (χ4n) is 4.62. The molecular formula is C28H28Cl2N2O7. The average Bonchev–Trinajstić information content (AvgIpc) is 3.16. The zero-order valence-electron chi connectivity index (χ0n) is 21.2. The highest BCUT2D eigenvalue weighted by Gasteiger charge is 2.52. The molecule has 11 heteroatoms. The van der Waals surface area contributed by atoms with E-state index < -0.39 is 47.0 Å². The van der Waals surface area contributed by atoms with Gasteiger partial charge >= 0.3 is 11.9 Å². The number of rotatable bonds is 9. The van der Waals surface area contributed by atoms with Crippen molar-refractivity contribution in [2.45, 2.75) is 43.4 Å². The number of halogens is 2. The highest BCUT2D eigenvalue weighted by Crippen LogP contribution is 2.43. The summed E-state index contributed by atoms with van der Waals surface area (Å²) < 4.78 is 10.3. The van der Waals surface area contributed by atoms with Crippen LogP contribution in [-0.2, 0) is 23.9 Å². The molecule has 9 nitrogen and oxygen atoms in total. The topological polar surface area (TPSA) is 119 Å². The molecule has 1 saturated heterocycles. The Labute approximate surface area is 235 Å². The fraction of sp³-hybridized carbons (Fsp3) is 0.393. The lowest BCUT2D eigenvalue weighted by atomic mass is 9.80. The molecule has 0 radical (unpaired) electrons. The minimum atomic E-state index is -0.796. The number of nitrogens with one attached hydrogen (secondary N) is 1. The van der Waals surface area contributed by atoms with Gasteiger partial charge in [0.05, 0.1) is 46.0 Å². The van der Waals surface area contributed by atoms with Crippen LogP contribution in [0.5, 0.6) is 0 Å². The number of esters is 2. The van der Waals surface area contributed by atoms with Gasteiger partial charge in [-0.3, -0.25) is 19.3 Å². The molecule has 2 aromatic rings. The van der Waals surface area contributed by atoms with E-state index in [-0.39, 0.29) is 23.1 Å². The first-order valence-corrected chi connectivity index (χ1v) is 13.6. The molecule has 4 atom stereocenters. The molecule has 0 spiro atoms. The summed E-state index contributed by atoms with van der Waals surface area (Å²) in [7, 11) is 0. The maximum atomic E-state index is 13.0. The van der Waals surface area contributed by atoms with Gasteiger partial charge in [-0.2, -0.15) is 0 Å². The summed E-state index contributed by atoms with van der Waals surface area (Å²) in [6.07, 6.45) is 2.31. The Morgan fingerprint density at radius 2 is 1.51 bits per heavy atom. The number of amides is 3. The van der Waals surface area contributed by atoms with Crippen LogP contribution in [0.2, 0.25) is 0 Å². The molecule has 1 aliphatic carbocycles. The number of carbonyl (C=O) groups is 5. The smallest absolute Gasteiger partial charge is 0.338 e. The van der Waals surface area contributed by atoms with Crippen LogP contribution in [0.25, 0.3) is 0 Å². The Morgan fingerprint density at radius 3 is 2.13 bits per heavy atom. The lowest BCUT2D eigenvalue weighted by Gasteiger charge is -2.28. The number of ether oxygens (including phenoxy) is 2. The van der Waals surface area contributed by atoms with Gasteiger partial charge in [0.1, 0.15) is 0 Å². The summed E-state index contributed by atoms with van der Waals surface area (Å²) in [5, 5.41) is 1.78. The molecule has 39 heavy (non-hydrogen) atoms. The quantitative estimate of drug-likeness (QED) is 0.202. The predicted octanol–water partition coefficient (Wildman–Crippen LogP) is 4.55. The number of fused-ring (bicyclic) bond motifs is 1. The van der Waals surface area contributed by atoms with Crippen molar-refractivity contribution < 1.29 is 33.4 Å². The van der Waals surface area contributed by atoms with Crippen LogP contribution in [0.4, 0.5) is 11.4 Å². The molecule has 4 rings (SSSR count). The van der Waals surface area contributed by atoms with E-state index in [2.05, 4.69) is 5.32 Å². The van der Waals surface area contributed by atoms with Gasteiger partial charge in [0.25, 0.3) is 5.91 Å². The molecule has 1 N–H and O–H groups in total. The number of benzene rings is 2. The molecule has 2 aliphatic rings. The lowest BCUT2D eigenvalue weighted by Crippen LogP contribution is -2.34. The molecule has 206 valence electrons. The molecule has 2 fully saturated rings. The molecule has 1 aliphatic heterocycles. The number of alkyl halides is 2. The van der Waals surface area contributed by atoms with Gasteiger partial charge in [0, 0.05) is 5.69 Å². The first-order valence-electron chi connectivity index (χ1n) is 12.7. The van der Waals surface area contributed by atoms with Gasteiger partial charge in [-0.15, -0.1) is 23.2 Å². The Bertz CT molecular complexity index is 1240. The maximum absolute atomic E-state index is 13.0.